The smallest absolute Gasteiger partial charge is 0.241 e. The lowest BCUT2D eigenvalue weighted by Crippen LogP contribution is -2.35. The van der Waals surface area contributed by atoms with Crippen LogP contribution in [0, 0.1) is 0 Å². The monoisotopic (exact) mass is 257 g/mol. The molecule has 1 amide bonds. The first-order chi connectivity index (χ1) is 9.22. The highest BCUT2D eigenvalue weighted by Crippen LogP contribution is 2.17. The van der Waals surface area contributed by atoms with E-state index in [1.807, 2.05) is 30.3 Å². The van der Waals surface area contributed by atoms with Crippen LogP contribution in [0.4, 0.5) is 5.69 Å². The normalized spacial score (nSPS) is 22.6. The molecule has 19 heavy (non-hydrogen) atoms. The van der Waals surface area contributed by atoms with Crippen molar-refractivity contribution in [3.8, 4) is 0 Å². The number of fused-ring (bicyclic) bond motifs is 1. The van der Waals surface area contributed by atoms with Gasteiger partial charge in [-0.25, -0.2) is 0 Å². The number of hydrogen-bond acceptors (Lipinski definition) is 4. The molecule has 0 spiro atoms. The standard InChI is InChI=1S/C14H15N3O2/c18-11-6-13(16-8-11)14(19)17-10-5-9-3-1-2-4-12(9)15-7-10/h1-5,7,11,13,16,18H,6,8H2,(H,17,19)/t11-,13-/m0/s1. The number of para-hydroxylation sites is 1. The van der Waals surface area contributed by atoms with Crippen molar-refractivity contribution in [2.45, 2.75) is 18.6 Å². The number of nitrogens with zero attached hydrogens (tertiary/aromatic N) is 1. The number of anilines is 1. The quantitative estimate of drug-likeness (QED) is 0.747. The topological polar surface area (TPSA) is 74.2 Å². The average Bonchev–Trinajstić information content (AvgIpc) is 2.85. The van der Waals surface area contributed by atoms with Crippen LogP contribution in [0.5, 0.6) is 0 Å². The molecule has 2 heterocycles. The predicted octanol–water partition coefficient (Wildman–Crippen LogP) is 0.896. The number of β-amino-alcohol motifs (C(OH)–C–C–N with tert-alkyl or cyclic N) is 1. The highest BCUT2D eigenvalue weighted by Gasteiger charge is 2.27. The number of aliphatic hydroxyl groups excluding tert-OH is 1. The second-order valence-electron chi connectivity index (χ2n) is 4.76. The van der Waals surface area contributed by atoms with Gasteiger partial charge in [0.15, 0.2) is 0 Å². The first-order valence-electron chi connectivity index (χ1n) is 6.29. The van der Waals surface area contributed by atoms with Crippen LogP contribution >= 0.6 is 0 Å². The van der Waals surface area contributed by atoms with E-state index in [2.05, 4.69) is 15.6 Å². The van der Waals surface area contributed by atoms with Gasteiger partial charge >= 0.3 is 0 Å². The Morgan fingerprint density at radius 1 is 1.42 bits per heavy atom. The minimum Gasteiger partial charge on any atom is -0.392 e. The molecule has 3 N–H and O–H groups in total. The van der Waals surface area contributed by atoms with Crippen molar-refractivity contribution >= 4 is 22.5 Å². The van der Waals surface area contributed by atoms with Gasteiger partial charge in [0.05, 0.1) is 29.5 Å². The Morgan fingerprint density at radius 2 is 2.26 bits per heavy atom. The average molecular weight is 257 g/mol. The SMILES string of the molecule is O=C(Nc1cnc2ccccc2c1)[C@@H]1C[C@H](O)CN1. The summed E-state index contributed by atoms with van der Waals surface area (Å²) in [7, 11) is 0. The Labute approximate surface area is 110 Å². The summed E-state index contributed by atoms with van der Waals surface area (Å²) in [6.45, 7) is 0.466. The molecule has 0 aliphatic carbocycles. The largest absolute Gasteiger partial charge is 0.392 e. The molecule has 3 rings (SSSR count). The van der Waals surface area contributed by atoms with E-state index in [9.17, 15) is 9.90 Å². The van der Waals surface area contributed by atoms with Crippen molar-refractivity contribution in [3.05, 3.63) is 36.5 Å². The van der Waals surface area contributed by atoms with Gasteiger partial charge in [-0.1, -0.05) is 18.2 Å². The van der Waals surface area contributed by atoms with Gasteiger partial charge in [0.25, 0.3) is 0 Å². The summed E-state index contributed by atoms with van der Waals surface area (Å²) in [5, 5.41) is 16.2. The van der Waals surface area contributed by atoms with Gasteiger partial charge in [0.2, 0.25) is 5.91 Å². The molecule has 5 nitrogen and oxygen atoms in total. The number of nitrogens with one attached hydrogen (secondary N) is 2. The summed E-state index contributed by atoms with van der Waals surface area (Å²) in [5.41, 5.74) is 1.57. The molecule has 0 saturated carbocycles. The van der Waals surface area contributed by atoms with Crippen LogP contribution in [0.3, 0.4) is 0 Å². The first-order valence-corrected chi connectivity index (χ1v) is 6.29. The van der Waals surface area contributed by atoms with Gasteiger partial charge in [-0.05, 0) is 18.6 Å². The van der Waals surface area contributed by atoms with E-state index >= 15 is 0 Å². The molecular formula is C14H15N3O2. The summed E-state index contributed by atoms with van der Waals surface area (Å²) in [6, 6.07) is 9.31. The fourth-order valence-corrected chi connectivity index (χ4v) is 2.29. The van der Waals surface area contributed by atoms with Crippen LogP contribution in [0.25, 0.3) is 10.9 Å². The number of aliphatic hydroxyl groups is 1. The predicted molar refractivity (Wildman–Crippen MR) is 72.8 cm³/mol. The van der Waals surface area contributed by atoms with E-state index in [4.69, 9.17) is 0 Å². The zero-order valence-corrected chi connectivity index (χ0v) is 10.3. The Balaban J connectivity index is 1.76. The molecule has 1 aliphatic heterocycles. The number of carbonyl (C=O) groups is 1. The van der Waals surface area contributed by atoms with Crippen molar-refractivity contribution in [1.29, 1.82) is 0 Å². The first kappa shape index (κ1) is 12.1. The highest BCUT2D eigenvalue weighted by atomic mass is 16.3. The van der Waals surface area contributed by atoms with E-state index in [-0.39, 0.29) is 11.9 Å². The zero-order valence-electron chi connectivity index (χ0n) is 10.3. The van der Waals surface area contributed by atoms with Crippen LogP contribution in [0.15, 0.2) is 36.5 Å². The van der Waals surface area contributed by atoms with Gasteiger partial charge in [-0.3, -0.25) is 9.78 Å². The molecule has 5 heteroatoms. The minimum atomic E-state index is -0.439. The number of benzene rings is 1. The molecular weight excluding hydrogens is 242 g/mol. The minimum absolute atomic E-state index is 0.131. The molecule has 1 saturated heterocycles. The number of rotatable bonds is 2. The number of amides is 1. The molecule has 98 valence electrons. The van der Waals surface area contributed by atoms with Gasteiger partial charge in [-0.2, -0.15) is 0 Å². The lowest BCUT2D eigenvalue weighted by Gasteiger charge is -2.11. The van der Waals surface area contributed by atoms with E-state index in [1.165, 1.54) is 0 Å². The summed E-state index contributed by atoms with van der Waals surface area (Å²) in [5.74, 6) is -0.131. The summed E-state index contributed by atoms with van der Waals surface area (Å²) >= 11 is 0. The second kappa shape index (κ2) is 4.95. The molecule has 1 aromatic heterocycles. The Bertz CT molecular complexity index is 614. The van der Waals surface area contributed by atoms with E-state index in [1.54, 1.807) is 6.20 Å². The summed E-state index contributed by atoms with van der Waals surface area (Å²) < 4.78 is 0. The maximum atomic E-state index is 12.0. The highest BCUT2D eigenvalue weighted by molar-refractivity contribution is 5.96. The number of hydrogen-bond donors (Lipinski definition) is 3. The third kappa shape index (κ3) is 2.57. The summed E-state index contributed by atoms with van der Waals surface area (Å²) in [4.78, 5) is 16.3. The molecule has 2 aromatic rings. The number of aromatic nitrogens is 1. The lowest BCUT2D eigenvalue weighted by atomic mass is 10.2. The lowest BCUT2D eigenvalue weighted by molar-refractivity contribution is -0.117. The summed E-state index contributed by atoms with van der Waals surface area (Å²) in [6.07, 6.45) is 1.66. The van der Waals surface area contributed by atoms with E-state index < -0.39 is 6.10 Å². The van der Waals surface area contributed by atoms with Gasteiger partial charge in [0.1, 0.15) is 0 Å². The number of carbonyl (C=O) groups excluding carboxylic acids is 1. The molecule has 1 aromatic carbocycles. The molecule has 2 atom stereocenters. The van der Waals surface area contributed by atoms with Gasteiger partial charge in [-0.15, -0.1) is 0 Å². The molecule has 1 fully saturated rings. The van der Waals surface area contributed by atoms with Crippen molar-refractivity contribution in [2.24, 2.45) is 0 Å². The van der Waals surface area contributed by atoms with Crippen molar-refractivity contribution in [2.75, 3.05) is 11.9 Å². The van der Waals surface area contributed by atoms with E-state index in [0.29, 0.717) is 18.7 Å². The van der Waals surface area contributed by atoms with Gasteiger partial charge in [0, 0.05) is 11.9 Å². The zero-order chi connectivity index (χ0) is 13.2. The van der Waals surface area contributed by atoms with Crippen LogP contribution in [0.1, 0.15) is 6.42 Å². The van der Waals surface area contributed by atoms with Crippen LogP contribution in [-0.2, 0) is 4.79 Å². The van der Waals surface area contributed by atoms with Crippen molar-refractivity contribution in [1.82, 2.24) is 10.3 Å². The van der Waals surface area contributed by atoms with Crippen molar-refractivity contribution < 1.29 is 9.90 Å². The number of pyridine rings is 1. The fraction of sp³-hybridized carbons (Fsp3) is 0.286. The molecule has 0 unspecified atom stereocenters. The maximum absolute atomic E-state index is 12.0. The van der Waals surface area contributed by atoms with Crippen molar-refractivity contribution in [3.63, 3.8) is 0 Å². The Kier molecular flexibility index (Phi) is 3.15. The fourth-order valence-electron chi connectivity index (χ4n) is 2.29. The third-order valence-electron chi connectivity index (χ3n) is 3.28. The third-order valence-corrected chi connectivity index (χ3v) is 3.28. The van der Waals surface area contributed by atoms with Crippen LogP contribution in [-0.4, -0.2) is 34.7 Å². The molecule has 0 radical (unpaired) electrons. The van der Waals surface area contributed by atoms with Crippen LogP contribution in [0.2, 0.25) is 0 Å². The molecule has 1 aliphatic rings. The Morgan fingerprint density at radius 3 is 3.05 bits per heavy atom. The van der Waals surface area contributed by atoms with E-state index in [0.717, 1.165) is 10.9 Å². The Hall–Kier alpha value is -1.98. The molecule has 0 bridgehead atoms. The van der Waals surface area contributed by atoms with Gasteiger partial charge < -0.3 is 15.7 Å². The maximum Gasteiger partial charge on any atom is 0.241 e. The second-order valence-corrected chi connectivity index (χ2v) is 4.76. The van der Waals surface area contributed by atoms with Crippen LogP contribution < -0.4 is 10.6 Å².